The van der Waals surface area contributed by atoms with Gasteiger partial charge in [-0.2, -0.15) is 5.10 Å². The van der Waals surface area contributed by atoms with Crippen molar-refractivity contribution in [3.8, 4) is 5.75 Å². The van der Waals surface area contributed by atoms with Gasteiger partial charge in [-0.3, -0.25) is 0 Å². The number of hydrazone groups is 1. The van der Waals surface area contributed by atoms with Crippen molar-refractivity contribution in [1.29, 1.82) is 0 Å². The normalized spacial score (nSPS) is 10.4. The van der Waals surface area contributed by atoms with E-state index in [0.29, 0.717) is 19.0 Å². The molecule has 0 unspecified atom stereocenters. The molecule has 0 heterocycles. The first-order chi connectivity index (χ1) is 8.22. The average Bonchev–Trinajstić information content (AvgIpc) is 2.29. The second-order valence-electron chi connectivity index (χ2n) is 3.15. The highest BCUT2D eigenvalue weighted by Crippen LogP contribution is 2.11. The summed E-state index contributed by atoms with van der Waals surface area (Å²) in [5, 5.41) is 3.65. The minimum atomic E-state index is -0.700. The van der Waals surface area contributed by atoms with Gasteiger partial charge in [0.25, 0.3) is 0 Å². The zero-order valence-electron chi connectivity index (χ0n) is 9.55. The summed E-state index contributed by atoms with van der Waals surface area (Å²) in [7, 11) is 1.61. The van der Waals surface area contributed by atoms with Crippen molar-refractivity contribution in [3.63, 3.8) is 0 Å². The van der Waals surface area contributed by atoms with Crippen LogP contribution < -0.4 is 15.9 Å². The number of urea groups is 1. The van der Waals surface area contributed by atoms with Gasteiger partial charge in [0, 0.05) is 7.11 Å². The molecule has 0 bridgehead atoms. The largest absolute Gasteiger partial charge is 0.491 e. The molecule has 92 valence electrons. The lowest BCUT2D eigenvalue weighted by Crippen LogP contribution is -2.24. The fraction of sp³-hybridized carbons (Fsp3) is 0.273. The van der Waals surface area contributed by atoms with Gasteiger partial charge in [-0.25, -0.2) is 10.2 Å². The highest BCUT2D eigenvalue weighted by atomic mass is 16.5. The Morgan fingerprint density at radius 2 is 2.35 bits per heavy atom. The Kier molecular flexibility index (Phi) is 5.53. The molecule has 1 aromatic carbocycles. The van der Waals surface area contributed by atoms with Gasteiger partial charge in [-0.1, -0.05) is 12.1 Å². The summed E-state index contributed by atoms with van der Waals surface area (Å²) < 4.78 is 10.3. The molecule has 6 nitrogen and oxygen atoms in total. The van der Waals surface area contributed by atoms with Crippen LogP contribution in [-0.4, -0.2) is 32.6 Å². The standard InChI is InChI=1S/C11H15N3O3/c1-16-5-6-17-10-4-2-3-9(7-10)8-13-14-11(12)15/h2-4,7-8H,5-6H2,1H3,(H3,12,14,15). The second kappa shape index (κ2) is 7.24. The molecule has 0 aliphatic carbocycles. The van der Waals surface area contributed by atoms with Crippen molar-refractivity contribution >= 4 is 12.2 Å². The number of amides is 2. The minimum Gasteiger partial charge on any atom is -0.491 e. The van der Waals surface area contributed by atoms with Crippen LogP contribution >= 0.6 is 0 Å². The number of nitrogens with two attached hydrogens (primary N) is 1. The van der Waals surface area contributed by atoms with Gasteiger partial charge in [-0.05, 0) is 17.7 Å². The summed E-state index contributed by atoms with van der Waals surface area (Å²) in [6, 6.07) is 6.58. The van der Waals surface area contributed by atoms with E-state index in [0.717, 1.165) is 5.56 Å². The summed E-state index contributed by atoms with van der Waals surface area (Å²) >= 11 is 0. The van der Waals surface area contributed by atoms with Crippen molar-refractivity contribution in [3.05, 3.63) is 29.8 Å². The molecule has 3 N–H and O–H groups in total. The third kappa shape index (κ3) is 5.53. The van der Waals surface area contributed by atoms with E-state index in [9.17, 15) is 4.79 Å². The topological polar surface area (TPSA) is 85.9 Å². The summed E-state index contributed by atoms with van der Waals surface area (Å²) in [4.78, 5) is 10.4. The minimum absolute atomic E-state index is 0.483. The molecule has 0 aromatic heterocycles. The maximum absolute atomic E-state index is 10.4. The molecular weight excluding hydrogens is 222 g/mol. The van der Waals surface area contributed by atoms with Crippen LogP contribution in [0.1, 0.15) is 5.56 Å². The van der Waals surface area contributed by atoms with Crippen LogP contribution in [0.3, 0.4) is 0 Å². The molecule has 0 radical (unpaired) electrons. The molecule has 1 rings (SSSR count). The van der Waals surface area contributed by atoms with Gasteiger partial charge >= 0.3 is 6.03 Å². The lowest BCUT2D eigenvalue weighted by atomic mass is 10.2. The predicted octanol–water partition coefficient (Wildman–Crippen LogP) is 0.714. The van der Waals surface area contributed by atoms with E-state index in [4.69, 9.17) is 15.2 Å². The van der Waals surface area contributed by atoms with Gasteiger partial charge in [0.2, 0.25) is 0 Å². The van der Waals surface area contributed by atoms with E-state index in [1.54, 1.807) is 13.2 Å². The van der Waals surface area contributed by atoms with Crippen LogP contribution in [0.2, 0.25) is 0 Å². The lowest BCUT2D eigenvalue weighted by Gasteiger charge is -2.05. The lowest BCUT2D eigenvalue weighted by molar-refractivity contribution is 0.146. The number of carbonyl (C=O) groups is 1. The van der Waals surface area contributed by atoms with E-state index in [2.05, 4.69) is 10.5 Å². The number of rotatable bonds is 6. The summed E-state index contributed by atoms with van der Waals surface area (Å²) in [5.41, 5.74) is 7.78. The Morgan fingerprint density at radius 1 is 1.53 bits per heavy atom. The van der Waals surface area contributed by atoms with Gasteiger partial charge in [0.1, 0.15) is 12.4 Å². The third-order valence-corrected chi connectivity index (χ3v) is 1.80. The summed E-state index contributed by atoms with van der Waals surface area (Å²) in [6.45, 7) is 1.01. The van der Waals surface area contributed by atoms with Crippen LogP contribution in [0.4, 0.5) is 4.79 Å². The molecule has 0 aliphatic heterocycles. The van der Waals surface area contributed by atoms with Crippen LogP contribution in [0.25, 0.3) is 0 Å². The fourth-order valence-electron chi connectivity index (χ4n) is 1.10. The molecule has 0 spiro atoms. The molecule has 2 amide bonds. The van der Waals surface area contributed by atoms with Gasteiger partial charge in [0.15, 0.2) is 0 Å². The molecule has 0 aliphatic rings. The molecule has 0 saturated heterocycles. The molecule has 0 fully saturated rings. The summed E-state index contributed by atoms with van der Waals surface area (Å²) in [6.07, 6.45) is 1.48. The van der Waals surface area contributed by atoms with Crippen molar-refractivity contribution in [2.75, 3.05) is 20.3 Å². The molecule has 6 heteroatoms. The number of benzene rings is 1. The number of hydrogen-bond donors (Lipinski definition) is 2. The fourth-order valence-corrected chi connectivity index (χ4v) is 1.10. The van der Waals surface area contributed by atoms with Crippen molar-refractivity contribution in [2.24, 2.45) is 10.8 Å². The number of methoxy groups -OCH3 is 1. The SMILES string of the molecule is COCCOc1cccc(C=NNC(N)=O)c1. The van der Waals surface area contributed by atoms with Crippen molar-refractivity contribution in [2.45, 2.75) is 0 Å². The number of nitrogens with one attached hydrogen (secondary N) is 1. The van der Waals surface area contributed by atoms with Crippen molar-refractivity contribution in [1.82, 2.24) is 5.43 Å². The first-order valence-corrected chi connectivity index (χ1v) is 5.02. The zero-order valence-corrected chi connectivity index (χ0v) is 9.55. The Morgan fingerprint density at radius 3 is 3.06 bits per heavy atom. The Balaban J connectivity index is 2.53. The number of ether oxygens (including phenoxy) is 2. The quantitative estimate of drug-likeness (QED) is 0.434. The highest BCUT2D eigenvalue weighted by molar-refractivity contribution is 5.81. The molecule has 1 aromatic rings. The van der Waals surface area contributed by atoms with Gasteiger partial charge in [-0.15, -0.1) is 0 Å². The van der Waals surface area contributed by atoms with Crippen molar-refractivity contribution < 1.29 is 14.3 Å². The molecular formula is C11H15N3O3. The van der Waals surface area contributed by atoms with Gasteiger partial charge < -0.3 is 15.2 Å². The maximum Gasteiger partial charge on any atom is 0.332 e. The Hall–Kier alpha value is -2.08. The number of nitrogens with zero attached hydrogens (tertiary/aromatic N) is 1. The molecule has 0 atom stereocenters. The smallest absolute Gasteiger partial charge is 0.332 e. The zero-order chi connectivity index (χ0) is 12.5. The predicted molar refractivity (Wildman–Crippen MR) is 64.1 cm³/mol. The van der Waals surface area contributed by atoms with Crippen LogP contribution in [0.15, 0.2) is 29.4 Å². The van der Waals surface area contributed by atoms with Crippen LogP contribution in [0, 0.1) is 0 Å². The monoisotopic (exact) mass is 237 g/mol. The Bertz CT molecular complexity index is 393. The first kappa shape index (κ1) is 13.0. The molecule has 17 heavy (non-hydrogen) atoms. The summed E-state index contributed by atoms with van der Waals surface area (Å²) in [5.74, 6) is 0.713. The van der Waals surface area contributed by atoms with Crippen LogP contribution in [-0.2, 0) is 4.74 Å². The number of carbonyl (C=O) groups excluding carboxylic acids is 1. The average molecular weight is 237 g/mol. The Labute approximate surface area is 99.4 Å². The van der Waals surface area contributed by atoms with E-state index in [-0.39, 0.29) is 0 Å². The number of primary amides is 1. The maximum atomic E-state index is 10.4. The first-order valence-electron chi connectivity index (χ1n) is 5.02. The van der Waals surface area contributed by atoms with Crippen LogP contribution in [0.5, 0.6) is 5.75 Å². The molecule has 0 saturated carbocycles. The van der Waals surface area contributed by atoms with E-state index >= 15 is 0 Å². The van der Waals surface area contributed by atoms with E-state index in [1.807, 2.05) is 18.2 Å². The van der Waals surface area contributed by atoms with Gasteiger partial charge in [0.05, 0.1) is 12.8 Å². The van der Waals surface area contributed by atoms with E-state index < -0.39 is 6.03 Å². The second-order valence-corrected chi connectivity index (χ2v) is 3.15. The third-order valence-electron chi connectivity index (χ3n) is 1.80. The highest BCUT2D eigenvalue weighted by Gasteiger charge is 1.95. The van der Waals surface area contributed by atoms with E-state index in [1.165, 1.54) is 6.21 Å². The number of hydrogen-bond acceptors (Lipinski definition) is 4.